The largest absolute Gasteiger partial charge is 0.459 e. The summed E-state index contributed by atoms with van der Waals surface area (Å²) in [4.78, 5) is 35.5. The zero-order valence-corrected chi connectivity index (χ0v) is 21.5. The number of esters is 1. The van der Waals surface area contributed by atoms with Gasteiger partial charge in [-0.1, -0.05) is 78.8 Å². The predicted molar refractivity (Wildman–Crippen MR) is 145 cm³/mol. The highest BCUT2D eigenvalue weighted by atomic mass is 16.6. The number of hydrogen-bond donors (Lipinski definition) is 2. The molecule has 0 fully saturated rings. The number of nitrogens with two attached hydrogens (primary N) is 1. The maximum Gasteiger partial charge on any atom is 0.306 e. The third-order valence-corrected chi connectivity index (χ3v) is 6.59. The van der Waals surface area contributed by atoms with Crippen molar-refractivity contribution >= 4 is 17.6 Å². The van der Waals surface area contributed by atoms with Crippen LogP contribution in [-0.4, -0.2) is 40.8 Å². The fourth-order valence-electron chi connectivity index (χ4n) is 4.37. The zero-order valence-electron chi connectivity index (χ0n) is 21.5. The van der Waals surface area contributed by atoms with E-state index in [1.54, 1.807) is 25.3 Å². The molecule has 1 aliphatic rings. The van der Waals surface area contributed by atoms with Crippen molar-refractivity contribution in [1.29, 1.82) is 0 Å². The van der Waals surface area contributed by atoms with Crippen LogP contribution >= 0.6 is 0 Å². The molecule has 1 amide bonds. The van der Waals surface area contributed by atoms with Gasteiger partial charge in [-0.3, -0.25) is 14.6 Å². The van der Waals surface area contributed by atoms with E-state index in [2.05, 4.69) is 27.6 Å². The van der Waals surface area contributed by atoms with E-state index in [4.69, 9.17) is 15.3 Å². The van der Waals surface area contributed by atoms with Gasteiger partial charge >= 0.3 is 5.97 Å². The van der Waals surface area contributed by atoms with Crippen molar-refractivity contribution in [2.24, 2.45) is 16.8 Å². The van der Waals surface area contributed by atoms with E-state index < -0.39 is 17.9 Å². The molecule has 1 aliphatic heterocycles. The summed E-state index contributed by atoms with van der Waals surface area (Å²) in [6.45, 7) is 1.85. The van der Waals surface area contributed by atoms with Crippen LogP contribution in [0.2, 0.25) is 0 Å². The molecule has 2 aromatic carbocycles. The molecule has 38 heavy (non-hydrogen) atoms. The van der Waals surface area contributed by atoms with Gasteiger partial charge < -0.3 is 20.6 Å². The minimum atomic E-state index is -0.887. The first kappa shape index (κ1) is 27.0. The van der Waals surface area contributed by atoms with E-state index in [0.29, 0.717) is 25.0 Å². The van der Waals surface area contributed by atoms with Gasteiger partial charge in [0, 0.05) is 19.0 Å². The number of carbonyl (C=O) groups is 2. The van der Waals surface area contributed by atoms with Crippen LogP contribution in [0.15, 0.2) is 90.2 Å². The number of oxime groups is 1. The van der Waals surface area contributed by atoms with Crippen LogP contribution in [0, 0.1) is 5.92 Å². The van der Waals surface area contributed by atoms with Gasteiger partial charge in [0.25, 0.3) is 0 Å². The average molecular weight is 515 g/mol. The highest BCUT2D eigenvalue weighted by molar-refractivity contribution is 5.88. The van der Waals surface area contributed by atoms with Crippen molar-refractivity contribution in [2.75, 3.05) is 0 Å². The molecule has 0 spiro atoms. The number of amides is 1. The third kappa shape index (κ3) is 7.98. The van der Waals surface area contributed by atoms with E-state index >= 15 is 0 Å². The zero-order chi connectivity index (χ0) is 26.7. The molecule has 8 heteroatoms. The molecule has 0 saturated heterocycles. The van der Waals surface area contributed by atoms with E-state index in [0.717, 1.165) is 16.8 Å². The summed E-state index contributed by atoms with van der Waals surface area (Å²) in [5, 5.41) is 7.39. The molecule has 0 radical (unpaired) electrons. The molecule has 0 bridgehead atoms. The molecule has 4 rings (SSSR count). The Morgan fingerprint density at radius 3 is 2.39 bits per heavy atom. The number of rotatable bonds is 12. The van der Waals surface area contributed by atoms with Crippen molar-refractivity contribution in [3.8, 4) is 0 Å². The Hall–Kier alpha value is -4.04. The molecular formula is C30H34N4O4. The van der Waals surface area contributed by atoms with Gasteiger partial charge in [-0.05, 0) is 35.6 Å². The lowest BCUT2D eigenvalue weighted by Crippen LogP contribution is -2.53. The number of nitrogens with zero attached hydrogens (tertiary/aromatic N) is 2. The summed E-state index contributed by atoms with van der Waals surface area (Å²) in [5.41, 5.74) is 10.1. The summed E-state index contributed by atoms with van der Waals surface area (Å²) < 4.78 is 5.31. The van der Waals surface area contributed by atoms with Gasteiger partial charge in [-0.15, -0.1) is 0 Å². The molecule has 8 nitrogen and oxygen atoms in total. The lowest BCUT2D eigenvalue weighted by atomic mass is 9.94. The number of nitrogens with one attached hydrogen (secondary N) is 1. The van der Waals surface area contributed by atoms with Crippen LogP contribution in [-0.2, 0) is 38.6 Å². The minimum Gasteiger partial charge on any atom is -0.459 e. The average Bonchev–Trinajstić information content (AvgIpc) is 3.41. The summed E-state index contributed by atoms with van der Waals surface area (Å²) in [7, 11) is 0. The monoisotopic (exact) mass is 514 g/mol. The van der Waals surface area contributed by atoms with E-state index in [1.807, 2.05) is 54.6 Å². The van der Waals surface area contributed by atoms with Crippen LogP contribution in [0.25, 0.3) is 0 Å². The van der Waals surface area contributed by atoms with Crippen LogP contribution in [0.4, 0.5) is 0 Å². The first-order valence-electron chi connectivity index (χ1n) is 12.9. The maximum absolute atomic E-state index is 13.2. The molecule has 4 atom stereocenters. The molecule has 0 saturated carbocycles. The molecule has 3 N–H and O–H groups in total. The van der Waals surface area contributed by atoms with E-state index in [-0.39, 0.29) is 31.1 Å². The third-order valence-electron chi connectivity index (χ3n) is 6.59. The second-order valence-electron chi connectivity index (χ2n) is 9.66. The first-order valence-corrected chi connectivity index (χ1v) is 12.9. The molecule has 3 unspecified atom stereocenters. The molecular weight excluding hydrogens is 480 g/mol. The number of benzene rings is 2. The number of hydrogen-bond acceptors (Lipinski definition) is 7. The topological polar surface area (TPSA) is 116 Å². The Morgan fingerprint density at radius 2 is 1.71 bits per heavy atom. The first-order chi connectivity index (χ1) is 18.5. The summed E-state index contributed by atoms with van der Waals surface area (Å²) >= 11 is 0. The van der Waals surface area contributed by atoms with Gasteiger partial charge in [0.1, 0.15) is 6.61 Å². The van der Waals surface area contributed by atoms with Crippen molar-refractivity contribution in [3.05, 3.63) is 102 Å². The lowest BCUT2D eigenvalue weighted by Gasteiger charge is -2.26. The van der Waals surface area contributed by atoms with Gasteiger partial charge in [0.2, 0.25) is 5.91 Å². The van der Waals surface area contributed by atoms with Crippen LogP contribution in [0.3, 0.4) is 0 Å². The van der Waals surface area contributed by atoms with Crippen LogP contribution in [0.1, 0.15) is 36.6 Å². The van der Waals surface area contributed by atoms with Crippen molar-refractivity contribution in [2.45, 2.75) is 57.4 Å². The number of aromatic nitrogens is 1. The van der Waals surface area contributed by atoms with Crippen molar-refractivity contribution in [3.63, 3.8) is 0 Å². The van der Waals surface area contributed by atoms with Crippen LogP contribution in [0.5, 0.6) is 0 Å². The fraction of sp³-hybridized carbons (Fsp3) is 0.333. The fourth-order valence-corrected chi connectivity index (χ4v) is 4.37. The van der Waals surface area contributed by atoms with Gasteiger partial charge in [0.05, 0.1) is 29.9 Å². The van der Waals surface area contributed by atoms with Gasteiger partial charge in [-0.25, -0.2) is 0 Å². The molecule has 2 heterocycles. The molecule has 3 aromatic rings. The Kier molecular flexibility index (Phi) is 9.59. The molecule has 198 valence electrons. The van der Waals surface area contributed by atoms with E-state index in [1.165, 1.54) is 0 Å². The van der Waals surface area contributed by atoms with Crippen molar-refractivity contribution in [1.82, 2.24) is 10.3 Å². The molecule has 0 aliphatic carbocycles. The number of pyridine rings is 1. The predicted octanol–water partition coefficient (Wildman–Crippen LogP) is 3.59. The SMILES string of the molecule is CC(CC(=O)OCc1ccccn1)[C@H](N)C(=O)NC(Cc1ccccc1)C1CC(Cc2ccccc2)=NO1. The summed E-state index contributed by atoms with van der Waals surface area (Å²) in [6.07, 6.45) is 3.22. The Labute approximate surface area is 223 Å². The van der Waals surface area contributed by atoms with Gasteiger partial charge in [0.15, 0.2) is 6.10 Å². The highest BCUT2D eigenvalue weighted by Gasteiger charge is 2.33. The minimum absolute atomic E-state index is 0.0229. The second-order valence-corrected chi connectivity index (χ2v) is 9.66. The normalized spacial score (nSPS) is 17.0. The summed E-state index contributed by atoms with van der Waals surface area (Å²) in [5.74, 6) is -1.18. The van der Waals surface area contributed by atoms with E-state index in [9.17, 15) is 9.59 Å². The Morgan fingerprint density at radius 1 is 1.03 bits per heavy atom. The highest BCUT2D eigenvalue weighted by Crippen LogP contribution is 2.21. The molecule has 1 aromatic heterocycles. The number of carbonyl (C=O) groups excluding carboxylic acids is 2. The maximum atomic E-state index is 13.2. The Balaban J connectivity index is 1.33. The standard InChI is InChI=1S/C30H34N4O4/c1-21(16-28(35)37-20-24-14-8-9-15-32-24)29(31)30(36)33-26(18-23-12-6-3-7-13-23)27-19-25(34-38-27)17-22-10-4-2-5-11-22/h2-15,21,26-27,29H,16-20,31H2,1H3,(H,33,36)/t21?,26?,27?,29-/m0/s1. The Bertz CT molecular complexity index is 1200. The van der Waals surface area contributed by atoms with Crippen molar-refractivity contribution < 1.29 is 19.2 Å². The lowest BCUT2D eigenvalue weighted by molar-refractivity contribution is -0.146. The van der Waals surface area contributed by atoms with Crippen LogP contribution < -0.4 is 11.1 Å². The van der Waals surface area contributed by atoms with Gasteiger partial charge in [-0.2, -0.15) is 0 Å². The quantitative estimate of drug-likeness (QED) is 0.357. The number of ether oxygens (including phenoxy) is 1. The smallest absolute Gasteiger partial charge is 0.306 e. The summed E-state index contributed by atoms with van der Waals surface area (Å²) in [6, 6.07) is 24.2. The second kappa shape index (κ2) is 13.5.